The second kappa shape index (κ2) is 15.4. The summed E-state index contributed by atoms with van der Waals surface area (Å²) in [6.07, 6.45) is 5.07. The molecule has 238 valence electrons. The molecule has 1 atom stereocenters. The SMILES string of the molecule is C=CCOC(=O)c1sc(N2C(=O)C(=O)/C(=C(/O)c3cccc(OCCCC)c3)C2c2ccc(OCCCC)c(OC)c2)nc1C. The Kier molecular flexibility index (Phi) is 11.4. The molecule has 1 N–H and O–H groups in total. The number of rotatable bonds is 15. The van der Waals surface area contributed by atoms with Gasteiger partial charge in [-0.15, -0.1) is 0 Å². The number of benzene rings is 2. The standard InChI is InChI=1S/C34H38N2O8S/c1-6-9-17-42-24-13-11-12-23(19-24)29(37)27-28(22-14-15-25(26(20-22)41-5)43-18-10-7-2)36(32(39)30(27)38)34-35-21(4)31(45-34)33(40)44-16-8-3/h8,11-15,19-20,28,37H,3,6-7,9-10,16-18H2,1-2,4-5H3/b29-27+. The van der Waals surface area contributed by atoms with Crippen LogP contribution in [0.1, 0.15) is 72.1 Å². The van der Waals surface area contributed by atoms with Crippen molar-refractivity contribution in [3.63, 3.8) is 0 Å². The van der Waals surface area contributed by atoms with Crippen LogP contribution in [0.4, 0.5) is 5.13 Å². The van der Waals surface area contributed by atoms with Gasteiger partial charge in [-0.2, -0.15) is 0 Å². The molecule has 0 aliphatic carbocycles. The summed E-state index contributed by atoms with van der Waals surface area (Å²) >= 11 is 0.922. The molecule has 1 fully saturated rings. The van der Waals surface area contributed by atoms with Crippen LogP contribution in [-0.4, -0.2) is 54.7 Å². The summed E-state index contributed by atoms with van der Waals surface area (Å²) in [6, 6.07) is 10.7. The van der Waals surface area contributed by atoms with Crippen LogP contribution in [0.15, 0.2) is 60.7 Å². The number of nitrogens with zero attached hydrogens (tertiary/aromatic N) is 2. The van der Waals surface area contributed by atoms with Crippen LogP contribution >= 0.6 is 11.3 Å². The molecule has 45 heavy (non-hydrogen) atoms. The first-order chi connectivity index (χ1) is 21.7. The van der Waals surface area contributed by atoms with E-state index in [1.165, 1.54) is 18.1 Å². The molecule has 2 heterocycles. The number of thiazole rings is 1. The number of carbonyl (C=O) groups is 3. The maximum Gasteiger partial charge on any atom is 0.350 e. The third kappa shape index (κ3) is 7.37. The number of ketones is 1. The van der Waals surface area contributed by atoms with Crippen LogP contribution in [0.25, 0.3) is 5.76 Å². The number of methoxy groups -OCH3 is 1. The number of anilines is 1. The zero-order valence-electron chi connectivity index (χ0n) is 26.0. The monoisotopic (exact) mass is 634 g/mol. The minimum Gasteiger partial charge on any atom is -0.507 e. The van der Waals surface area contributed by atoms with Crippen molar-refractivity contribution >= 4 is 39.9 Å². The molecule has 11 heteroatoms. The van der Waals surface area contributed by atoms with Crippen LogP contribution in [-0.2, 0) is 14.3 Å². The predicted octanol–water partition coefficient (Wildman–Crippen LogP) is 6.79. The average Bonchev–Trinajstić information content (AvgIpc) is 3.55. The van der Waals surface area contributed by atoms with Crippen LogP contribution in [0.2, 0.25) is 0 Å². The highest BCUT2D eigenvalue weighted by atomic mass is 32.1. The zero-order chi connectivity index (χ0) is 32.5. The summed E-state index contributed by atoms with van der Waals surface area (Å²) in [7, 11) is 1.50. The second-order valence-corrected chi connectivity index (χ2v) is 11.3. The lowest BCUT2D eigenvalue weighted by atomic mass is 9.95. The van der Waals surface area contributed by atoms with Crippen LogP contribution in [0.5, 0.6) is 17.2 Å². The first kappa shape index (κ1) is 33.3. The van der Waals surface area contributed by atoms with Gasteiger partial charge in [0.25, 0.3) is 5.78 Å². The summed E-state index contributed by atoms with van der Waals surface area (Å²) in [5, 5.41) is 11.7. The fourth-order valence-corrected chi connectivity index (χ4v) is 5.73. The van der Waals surface area contributed by atoms with Crippen molar-refractivity contribution in [2.45, 2.75) is 52.5 Å². The summed E-state index contributed by atoms with van der Waals surface area (Å²) in [4.78, 5) is 46.0. The Morgan fingerprint density at radius 2 is 1.80 bits per heavy atom. The van der Waals surface area contributed by atoms with Gasteiger partial charge in [-0.3, -0.25) is 14.5 Å². The summed E-state index contributed by atoms with van der Waals surface area (Å²) in [6.45, 7) is 10.3. The number of hydrogen-bond acceptors (Lipinski definition) is 10. The average molecular weight is 635 g/mol. The van der Waals surface area contributed by atoms with Crippen molar-refractivity contribution in [2.75, 3.05) is 31.8 Å². The lowest BCUT2D eigenvalue weighted by Gasteiger charge is -2.24. The molecular weight excluding hydrogens is 596 g/mol. The highest BCUT2D eigenvalue weighted by Crippen LogP contribution is 2.45. The molecular formula is C34H38N2O8S. The normalized spacial score (nSPS) is 15.6. The molecule has 0 bridgehead atoms. The van der Waals surface area contributed by atoms with Gasteiger partial charge in [0.2, 0.25) is 0 Å². The Balaban J connectivity index is 1.86. The van der Waals surface area contributed by atoms with Gasteiger partial charge >= 0.3 is 11.9 Å². The fourth-order valence-electron chi connectivity index (χ4n) is 4.74. The van der Waals surface area contributed by atoms with Gasteiger partial charge in [-0.05, 0) is 49.6 Å². The summed E-state index contributed by atoms with van der Waals surface area (Å²) in [5.74, 6) is -1.39. The number of aliphatic hydroxyl groups is 1. The second-order valence-electron chi connectivity index (χ2n) is 10.3. The number of unbranched alkanes of at least 4 members (excludes halogenated alkanes) is 2. The van der Waals surface area contributed by atoms with E-state index in [4.69, 9.17) is 18.9 Å². The van der Waals surface area contributed by atoms with Gasteiger partial charge in [-0.25, -0.2) is 9.78 Å². The van der Waals surface area contributed by atoms with Crippen molar-refractivity contribution in [3.8, 4) is 17.2 Å². The highest BCUT2D eigenvalue weighted by Gasteiger charge is 2.48. The minimum absolute atomic E-state index is 0.00368. The zero-order valence-corrected chi connectivity index (χ0v) is 26.8. The molecule has 3 aromatic rings. The van der Waals surface area contributed by atoms with Gasteiger partial charge in [-0.1, -0.05) is 68.9 Å². The molecule has 1 aliphatic rings. The first-order valence-electron chi connectivity index (χ1n) is 14.9. The predicted molar refractivity (Wildman–Crippen MR) is 172 cm³/mol. The molecule has 1 aliphatic heterocycles. The van der Waals surface area contributed by atoms with Gasteiger partial charge in [0.05, 0.1) is 37.6 Å². The number of aryl methyl sites for hydroxylation is 1. The summed E-state index contributed by atoms with van der Waals surface area (Å²) < 4.78 is 22.5. The molecule has 10 nitrogen and oxygen atoms in total. The first-order valence-corrected chi connectivity index (χ1v) is 15.7. The number of hydrogen-bond donors (Lipinski definition) is 1. The van der Waals surface area contributed by atoms with E-state index in [-0.39, 0.29) is 27.9 Å². The molecule has 0 saturated carbocycles. The number of Topliss-reactive ketones (excluding diaryl/α,β-unsaturated/α-hetero) is 1. The minimum atomic E-state index is -1.10. The van der Waals surface area contributed by atoms with Crippen LogP contribution in [0.3, 0.4) is 0 Å². The molecule has 1 unspecified atom stereocenters. The van der Waals surface area contributed by atoms with Crippen molar-refractivity contribution in [1.82, 2.24) is 4.98 Å². The Labute approximate surface area is 266 Å². The molecule has 0 radical (unpaired) electrons. The van der Waals surface area contributed by atoms with Gasteiger partial charge < -0.3 is 24.1 Å². The van der Waals surface area contributed by atoms with E-state index in [1.54, 1.807) is 49.4 Å². The molecule has 0 spiro atoms. The Morgan fingerprint density at radius 1 is 1.07 bits per heavy atom. The quantitative estimate of drug-likeness (QED) is 0.0481. The lowest BCUT2D eigenvalue weighted by Crippen LogP contribution is -2.29. The van der Waals surface area contributed by atoms with Crippen molar-refractivity contribution in [2.24, 2.45) is 0 Å². The molecule has 2 aromatic carbocycles. The lowest BCUT2D eigenvalue weighted by molar-refractivity contribution is -0.132. The third-order valence-electron chi connectivity index (χ3n) is 7.09. The number of carbonyl (C=O) groups excluding carboxylic acids is 3. The maximum atomic E-state index is 13.7. The van der Waals surface area contributed by atoms with E-state index in [2.05, 4.69) is 25.4 Å². The third-order valence-corrected chi connectivity index (χ3v) is 8.22. The number of esters is 1. The van der Waals surface area contributed by atoms with Gasteiger partial charge in [0.15, 0.2) is 16.6 Å². The maximum absolute atomic E-state index is 13.7. The van der Waals surface area contributed by atoms with Gasteiger partial charge in [0, 0.05) is 5.56 Å². The Hall–Kier alpha value is -4.64. The van der Waals surface area contributed by atoms with Crippen molar-refractivity contribution in [1.29, 1.82) is 0 Å². The van der Waals surface area contributed by atoms with E-state index < -0.39 is 23.7 Å². The topological polar surface area (TPSA) is 124 Å². The number of aliphatic hydroxyl groups excluding tert-OH is 1. The largest absolute Gasteiger partial charge is 0.507 e. The fraction of sp³-hybridized carbons (Fsp3) is 0.353. The van der Waals surface area contributed by atoms with Crippen LogP contribution < -0.4 is 19.1 Å². The molecule has 4 rings (SSSR count). The van der Waals surface area contributed by atoms with E-state index in [0.29, 0.717) is 47.3 Å². The molecule has 1 amide bonds. The molecule has 1 saturated heterocycles. The Morgan fingerprint density at radius 3 is 2.49 bits per heavy atom. The van der Waals surface area contributed by atoms with Crippen LogP contribution in [0, 0.1) is 6.92 Å². The van der Waals surface area contributed by atoms with Crippen molar-refractivity contribution in [3.05, 3.63) is 82.4 Å². The number of aromatic nitrogens is 1. The number of amides is 1. The summed E-state index contributed by atoms with van der Waals surface area (Å²) in [5.41, 5.74) is 0.965. The van der Waals surface area contributed by atoms with E-state index >= 15 is 0 Å². The molecule has 1 aromatic heterocycles. The van der Waals surface area contributed by atoms with Gasteiger partial charge in [0.1, 0.15) is 23.0 Å². The van der Waals surface area contributed by atoms with E-state index in [9.17, 15) is 19.5 Å². The van der Waals surface area contributed by atoms with Crippen molar-refractivity contribution < 1.29 is 38.4 Å². The van der Waals surface area contributed by atoms with E-state index in [1.807, 2.05) is 0 Å². The Bertz CT molecular complexity index is 1590. The highest BCUT2D eigenvalue weighted by molar-refractivity contribution is 7.17. The number of ether oxygens (including phenoxy) is 4. The van der Waals surface area contributed by atoms with E-state index in [0.717, 1.165) is 37.0 Å². The smallest absolute Gasteiger partial charge is 0.350 e.